The van der Waals surface area contributed by atoms with Crippen LogP contribution >= 0.6 is 0 Å². The lowest BCUT2D eigenvalue weighted by atomic mass is 9.91. The Morgan fingerprint density at radius 3 is 0.562 bits per heavy atom. The van der Waals surface area contributed by atoms with Crippen molar-refractivity contribution in [3.8, 4) is 0 Å². The molecule has 0 aliphatic heterocycles. The fraction of sp³-hybridized carbons (Fsp3) is 1.00. The highest BCUT2D eigenvalue weighted by molar-refractivity contribution is 4.62. The molecule has 0 spiro atoms. The molecule has 48 heavy (non-hydrogen) atoms. The maximum absolute atomic E-state index is 5.99. The summed E-state index contributed by atoms with van der Waals surface area (Å²) in [4.78, 5) is 0. The first kappa shape index (κ1) is 48.0. The third-order valence-electron chi connectivity index (χ3n) is 11.5. The lowest BCUT2D eigenvalue weighted by Crippen LogP contribution is -2.09. The fourth-order valence-electron chi connectivity index (χ4n) is 8.05. The largest absolute Gasteiger partial charge is 0.330 e. The van der Waals surface area contributed by atoms with Gasteiger partial charge in [0.05, 0.1) is 0 Å². The van der Waals surface area contributed by atoms with Gasteiger partial charge in [0.25, 0.3) is 0 Å². The molecule has 0 aromatic carbocycles. The van der Waals surface area contributed by atoms with Crippen LogP contribution in [0.1, 0.15) is 290 Å². The molecule has 1 heteroatoms. The third kappa shape index (κ3) is 42.1. The zero-order chi connectivity index (χ0) is 34.7. The molecule has 0 amide bonds. The van der Waals surface area contributed by atoms with Crippen molar-refractivity contribution in [2.24, 2.45) is 11.7 Å². The van der Waals surface area contributed by atoms with Crippen LogP contribution in [0.4, 0.5) is 0 Å². The van der Waals surface area contributed by atoms with Gasteiger partial charge in [0.1, 0.15) is 0 Å². The van der Waals surface area contributed by atoms with Crippen LogP contribution in [0.5, 0.6) is 0 Å². The number of hydrogen-bond acceptors (Lipinski definition) is 1. The molecule has 0 radical (unpaired) electrons. The van der Waals surface area contributed by atoms with Crippen molar-refractivity contribution < 1.29 is 0 Å². The molecule has 0 aromatic rings. The molecule has 0 unspecified atom stereocenters. The van der Waals surface area contributed by atoms with Crippen LogP contribution in [0.2, 0.25) is 0 Å². The third-order valence-corrected chi connectivity index (χ3v) is 11.5. The Bertz CT molecular complexity index is 485. The van der Waals surface area contributed by atoms with Crippen LogP contribution in [-0.4, -0.2) is 6.54 Å². The van der Waals surface area contributed by atoms with E-state index < -0.39 is 0 Å². The highest BCUT2D eigenvalue weighted by Gasteiger charge is 2.08. The van der Waals surface area contributed by atoms with Crippen molar-refractivity contribution in [2.75, 3.05) is 6.54 Å². The molecule has 0 heterocycles. The van der Waals surface area contributed by atoms with Gasteiger partial charge in [-0.15, -0.1) is 0 Å². The van der Waals surface area contributed by atoms with Crippen molar-refractivity contribution in [2.45, 2.75) is 290 Å². The molecule has 0 rings (SSSR count). The first-order valence-electron chi connectivity index (χ1n) is 23.5. The summed E-state index contributed by atoms with van der Waals surface area (Å²) < 4.78 is 0. The van der Waals surface area contributed by atoms with Gasteiger partial charge in [0, 0.05) is 0 Å². The van der Waals surface area contributed by atoms with Crippen LogP contribution in [-0.2, 0) is 0 Å². The minimum atomic E-state index is 0.892. The molecule has 0 saturated carbocycles. The number of rotatable bonds is 44. The van der Waals surface area contributed by atoms with Gasteiger partial charge in [-0.2, -0.15) is 0 Å². The van der Waals surface area contributed by atoms with E-state index in [1.807, 2.05) is 0 Å². The summed E-state index contributed by atoms with van der Waals surface area (Å²) in [6.45, 7) is 5.51. The van der Waals surface area contributed by atoms with E-state index in [-0.39, 0.29) is 0 Å². The number of nitrogens with two attached hydrogens (primary N) is 1. The second-order valence-electron chi connectivity index (χ2n) is 16.5. The van der Waals surface area contributed by atoms with Gasteiger partial charge in [-0.3, -0.25) is 0 Å². The summed E-state index contributed by atoms with van der Waals surface area (Å²) in [5.41, 5.74) is 5.99. The van der Waals surface area contributed by atoms with Gasteiger partial charge >= 0.3 is 0 Å². The van der Waals surface area contributed by atoms with Crippen molar-refractivity contribution in [1.82, 2.24) is 0 Å². The number of hydrogen-bond donors (Lipinski definition) is 1. The SMILES string of the molecule is CCCCCCCCCCCCCCCCCCCCCCC(CCN)CCCCCCCCCCCCCCCCCCCCCC. The average Bonchev–Trinajstić information content (AvgIpc) is 3.09. The van der Waals surface area contributed by atoms with Crippen molar-refractivity contribution in [3.63, 3.8) is 0 Å². The lowest BCUT2D eigenvalue weighted by Gasteiger charge is -2.16. The van der Waals surface area contributed by atoms with Crippen molar-refractivity contribution >= 4 is 0 Å². The predicted molar refractivity (Wildman–Crippen MR) is 222 cm³/mol. The van der Waals surface area contributed by atoms with Crippen LogP contribution in [0.25, 0.3) is 0 Å². The average molecular weight is 676 g/mol. The Labute approximate surface area is 307 Å². The van der Waals surface area contributed by atoms with Crippen molar-refractivity contribution in [3.05, 3.63) is 0 Å². The van der Waals surface area contributed by atoms with Crippen LogP contribution in [0.3, 0.4) is 0 Å². The highest BCUT2D eigenvalue weighted by Crippen LogP contribution is 2.22. The lowest BCUT2D eigenvalue weighted by molar-refractivity contribution is 0.384. The topological polar surface area (TPSA) is 26.0 Å². The summed E-state index contributed by atoms with van der Waals surface area (Å²) >= 11 is 0. The first-order valence-corrected chi connectivity index (χ1v) is 23.5. The van der Waals surface area contributed by atoms with E-state index in [1.165, 1.54) is 276 Å². The Balaban J connectivity index is 3.32. The fourth-order valence-corrected chi connectivity index (χ4v) is 8.05. The molecule has 0 aliphatic carbocycles. The van der Waals surface area contributed by atoms with Gasteiger partial charge < -0.3 is 5.73 Å². The summed E-state index contributed by atoms with van der Waals surface area (Å²) in [7, 11) is 0. The number of unbranched alkanes of at least 4 members (excludes halogenated alkanes) is 38. The molecule has 0 aromatic heterocycles. The van der Waals surface area contributed by atoms with E-state index in [4.69, 9.17) is 5.73 Å². The van der Waals surface area contributed by atoms with Crippen LogP contribution in [0, 0.1) is 5.92 Å². The summed E-state index contributed by atoms with van der Waals surface area (Å²) in [6, 6.07) is 0. The molecule has 0 saturated heterocycles. The maximum atomic E-state index is 5.99. The molecule has 0 bridgehead atoms. The maximum Gasteiger partial charge on any atom is -0.00746 e. The Morgan fingerprint density at radius 2 is 0.396 bits per heavy atom. The van der Waals surface area contributed by atoms with E-state index in [2.05, 4.69) is 13.8 Å². The normalized spacial score (nSPS) is 11.8. The summed E-state index contributed by atoms with van der Waals surface area (Å²) in [6.07, 6.45) is 62.9. The quantitative estimate of drug-likeness (QED) is 0.0639. The van der Waals surface area contributed by atoms with E-state index in [0.717, 1.165) is 12.5 Å². The molecule has 0 aliphatic rings. The molecule has 0 fully saturated rings. The van der Waals surface area contributed by atoms with E-state index in [1.54, 1.807) is 0 Å². The minimum Gasteiger partial charge on any atom is -0.330 e. The Hall–Kier alpha value is -0.0400. The standard InChI is InChI=1S/C47H97N/c1-3-5-7-9-11-13-15-17-19-21-23-25-27-29-31-33-35-37-39-41-43-47(45-46-48)44-42-40-38-36-34-32-30-28-26-24-22-20-18-16-14-12-10-8-6-4-2/h47H,3-46,48H2,1-2H3. The van der Waals surface area contributed by atoms with E-state index in [0.29, 0.717) is 0 Å². The molecule has 1 nitrogen and oxygen atoms in total. The smallest absolute Gasteiger partial charge is 0.00746 e. The molecular formula is C47H97N. The first-order chi connectivity index (χ1) is 23.8. The van der Waals surface area contributed by atoms with Gasteiger partial charge in [-0.05, 0) is 18.9 Å². The van der Waals surface area contributed by atoms with Crippen LogP contribution in [0.15, 0.2) is 0 Å². The van der Waals surface area contributed by atoms with E-state index >= 15 is 0 Å². The zero-order valence-corrected chi connectivity index (χ0v) is 34.3. The molecule has 2 N–H and O–H groups in total. The monoisotopic (exact) mass is 676 g/mol. The predicted octanol–water partition coefficient (Wildman–Crippen LogP) is 17.4. The Morgan fingerprint density at radius 1 is 0.229 bits per heavy atom. The Kier molecular flexibility index (Phi) is 44.9. The highest BCUT2D eigenvalue weighted by atomic mass is 14.5. The second kappa shape index (κ2) is 45.0. The molecule has 290 valence electrons. The molecular weight excluding hydrogens is 579 g/mol. The van der Waals surface area contributed by atoms with Gasteiger partial charge in [0.15, 0.2) is 0 Å². The van der Waals surface area contributed by atoms with Gasteiger partial charge in [-0.25, -0.2) is 0 Å². The molecule has 0 atom stereocenters. The summed E-state index contributed by atoms with van der Waals surface area (Å²) in [5, 5.41) is 0. The minimum absolute atomic E-state index is 0.892. The van der Waals surface area contributed by atoms with Crippen LogP contribution < -0.4 is 5.73 Å². The zero-order valence-electron chi connectivity index (χ0n) is 34.3. The van der Waals surface area contributed by atoms with E-state index in [9.17, 15) is 0 Å². The van der Waals surface area contributed by atoms with Crippen molar-refractivity contribution in [1.29, 1.82) is 0 Å². The summed E-state index contributed by atoms with van der Waals surface area (Å²) in [5.74, 6) is 0.904. The second-order valence-corrected chi connectivity index (χ2v) is 16.5. The van der Waals surface area contributed by atoms with Gasteiger partial charge in [-0.1, -0.05) is 284 Å². The van der Waals surface area contributed by atoms with Gasteiger partial charge in [0.2, 0.25) is 0 Å².